The number of sulfonamides is 1. The molecule has 0 radical (unpaired) electrons. The molecular weight excluding hydrogens is 432 g/mol. The van der Waals surface area contributed by atoms with Crippen LogP contribution in [0.1, 0.15) is 34.7 Å². The average Bonchev–Trinajstić information content (AvgIpc) is 3.22. The van der Waals surface area contributed by atoms with Crippen LogP contribution < -0.4 is 19.5 Å². The molecule has 0 aliphatic carbocycles. The van der Waals surface area contributed by atoms with Crippen LogP contribution in [0.25, 0.3) is 0 Å². The highest BCUT2D eigenvalue weighted by Gasteiger charge is 2.24. The molecule has 0 saturated carbocycles. The van der Waals surface area contributed by atoms with Crippen molar-refractivity contribution in [3.05, 3.63) is 71.8 Å². The van der Waals surface area contributed by atoms with Crippen molar-refractivity contribution in [2.45, 2.75) is 17.9 Å². The van der Waals surface area contributed by atoms with E-state index in [1.165, 1.54) is 18.2 Å². The number of amides is 1. The Morgan fingerprint density at radius 3 is 2.38 bits per heavy atom. The Kier molecular flexibility index (Phi) is 7.16. The van der Waals surface area contributed by atoms with E-state index in [-0.39, 0.29) is 17.0 Å². The minimum atomic E-state index is -3.69. The maximum Gasteiger partial charge on any atom is 0.252 e. The number of nitrogens with zero attached hydrogens (tertiary/aromatic N) is 2. The van der Waals surface area contributed by atoms with Gasteiger partial charge in [0.1, 0.15) is 23.4 Å². The minimum absolute atomic E-state index is 0.0172. The quantitative estimate of drug-likeness (QED) is 0.509. The summed E-state index contributed by atoms with van der Waals surface area (Å²) < 4.78 is 39.6. The second-order valence-electron chi connectivity index (χ2n) is 6.98. The van der Waals surface area contributed by atoms with Crippen LogP contribution in [0, 0.1) is 0 Å². The molecular formula is C22H26N4O5S. The van der Waals surface area contributed by atoms with E-state index in [1.54, 1.807) is 62.4 Å². The summed E-state index contributed by atoms with van der Waals surface area (Å²) in [6.07, 6.45) is 3.41. The van der Waals surface area contributed by atoms with E-state index in [0.717, 1.165) is 0 Å². The van der Waals surface area contributed by atoms with Gasteiger partial charge >= 0.3 is 0 Å². The number of rotatable bonds is 9. The number of benzene rings is 2. The molecule has 1 atom stereocenters. The summed E-state index contributed by atoms with van der Waals surface area (Å²) in [6, 6.07) is 10.5. The van der Waals surface area contributed by atoms with E-state index < -0.39 is 22.0 Å². The molecule has 0 aliphatic rings. The molecule has 0 fully saturated rings. The normalized spacial score (nSPS) is 12.2. The van der Waals surface area contributed by atoms with E-state index in [9.17, 15) is 13.2 Å². The predicted octanol–water partition coefficient (Wildman–Crippen LogP) is 2.25. The molecule has 1 aromatic heterocycles. The van der Waals surface area contributed by atoms with Gasteiger partial charge in [-0.25, -0.2) is 18.1 Å². The summed E-state index contributed by atoms with van der Waals surface area (Å²) in [5, 5.41) is 2.96. The van der Waals surface area contributed by atoms with Crippen molar-refractivity contribution in [2.75, 3.05) is 20.8 Å². The first-order chi connectivity index (χ1) is 15.3. The van der Waals surface area contributed by atoms with Crippen molar-refractivity contribution in [2.24, 2.45) is 7.05 Å². The van der Waals surface area contributed by atoms with Gasteiger partial charge < -0.3 is 19.4 Å². The number of hydrogen-bond acceptors (Lipinski definition) is 6. The first-order valence-electron chi connectivity index (χ1n) is 9.89. The van der Waals surface area contributed by atoms with E-state index in [1.807, 2.05) is 7.05 Å². The molecule has 0 bridgehead atoms. The molecule has 9 nitrogen and oxygen atoms in total. The lowest BCUT2D eigenvalue weighted by atomic mass is 10.0. The summed E-state index contributed by atoms with van der Waals surface area (Å²) >= 11 is 0. The topological polar surface area (TPSA) is 112 Å². The van der Waals surface area contributed by atoms with E-state index in [0.29, 0.717) is 22.9 Å². The van der Waals surface area contributed by atoms with Crippen LogP contribution in [-0.2, 0) is 17.1 Å². The number of nitrogens with one attached hydrogen (secondary N) is 2. The molecule has 1 heterocycles. The van der Waals surface area contributed by atoms with Gasteiger partial charge in [-0.2, -0.15) is 0 Å². The highest BCUT2D eigenvalue weighted by molar-refractivity contribution is 7.89. The second-order valence-corrected chi connectivity index (χ2v) is 8.74. The third-order valence-corrected chi connectivity index (χ3v) is 6.38. The molecule has 10 heteroatoms. The molecule has 0 aliphatic heterocycles. The molecule has 2 N–H and O–H groups in total. The molecule has 3 aromatic rings. The van der Waals surface area contributed by atoms with E-state index >= 15 is 0 Å². The molecule has 0 spiro atoms. The van der Waals surface area contributed by atoms with Gasteiger partial charge in [0, 0.05) is 37.6 Å². The molecule has 3 rings (SSSR count). The summed E-state index contributed by atoms with van der Waals surface area (Å²) in [7, 11) is 1.22. The van der Waals surface area contributed by atoms with Crippen LogP contribution in [0.4, 0.5) is 0 Å². The van der Waals surface area contributed by atoms with Crippen molar-refractivity contribution in [1.29, 1.82) is 0 Å². The monoisotopic (exact) mass is 458 g/mol. The van der Waals surface area contributed by atoms with Gasteiger partial charge in [0.25, 0.3) is 5.91 Å². The van der Waals surface area contributed by atoms with Gasteiger partial charge in [0.15, 0.2) is 0 Å². The number of hydrogen-bond donors (Lipinski definition) is 2. The lowest BCUT2D eigenvalue weighted by Gasteiger charge is -2.21. The fourth-order valence-electron chi connectivity index (χ4n) is 3.24. The van der Waals surface area contributed by atoms with Crippen LogP contribution in [-0.4, -0.2) is 44.6 Å². The Bertz CT molecular complexity index is 1180. The van der Waals surface area contributed by atoms with Gasteiger partial charge in [0.05, 0.1) is 19.1 Å². The van der Waals surface area contributed by atoms with Crippen molar-refractivity contribution in [1.82, 2.24) is 19.6 Å². The molecule has 32 heavy (non-hydrogen) atoms. The van der Waals surface area contributed by atoms with Crippen molar-refractivity contribution < 1.29 is 22.7 Å². The molecule has 170 valence electrons. The maximum absolute atomic E-state index is 13.2. The SMILES string of the molecule is CCNS(=O)(=O)c1cccc(C(=O)NC(c2cc(OC)cc(OC)c2)c2nccn2C)c1. The summed E-state index contributed by atoms with van der Waals surface area (Å²) in [6.45, 7) is 1.94. The molecule has 0 saturated heterocycles. The Balaban J connectivity index is 2.00. The molecule has 1 unspecified atom stereocenters. The third-order valence-electron chi connectivity index (χ3n) is 4.84. The Hall–Kier alpha value is -3.37. The number of carbonyl (C=O) groups excluding carboxylic acids is 1. The smallest absolute Gasteiger partial charge is 0.252 e. The maximum atomic E-state index is 13.2. The van der Waals surface area contributed by atoms with Crippen LogP contribution in [0.2, 0.25) is 0 Å². The van der Waals surface area contributed by atoms with Gasteiger partial charge in [-0.3, -0.25) is 4.79 Å². The number of imidazole rings is 1. The lowest BCUT2D eigenvalue weighted by molar-refractivity contribution is 0.0940. The molecule has 2 aromatic carbocycles. The first kappa shape index (κ1) is 23.3. The number of aryl methyl sites for hydroxylation is 1. The Morgan fingerprint density at radius 1 is 1.12 bits per heavy atom. The highest BCUT2D eigenvalue weighted by atomic mass is 32.2. The number of ether oxygens (including phenoxy) is 2. The minimum Gasteiger partial charge on any atom is -0.497 e. The zero-order valence-corrected chi connectivity index (χ0v) is 19.1. The van der Waals surface area contributed by atoms with Gasteiger partial charge in [-0.05, 0) is 35.9 Å². The van der Waals surface area contributed by atoms with Crippen LogP contribution in [0.5, 0.6) is 11.5 Å². The largest absolute Gasteiger partial charge is 0.497 e. The Morgan fingerprint density at radius 2 is 1.81 bits per heavy atom. The average molecular weight is 459 g/mol. The third kappa shape index (κ3) is 5.09. The van der Waals surface area contributed by atoms with Gasteiger partial charge in [-0.15, -0.1) is 0 Å². The fourth-order valence-corrected chi connectivity index (χ4v) is 4.33. The lowest BCUT2D eigenvalue weighted by Crippen LogP contribution is -2.31. The highest BCUT2D eigenvalue weighted by Crippen LogP contribution is 2.29. The first-order valence-corrected chi connectivity index (χ1v) is 11.4. The second kappa shape index (κ2) is 9.84. The summed E-state index contributed by atoms with van der Waals surface area (Å²) in [4.78, 5) is 17.6. The van der Waals surface area contributed by atoms with Crippen molar-refractivity contribution in [3.63, 3.8) is 0 Å². The van der Waals surface area contributed by atoms with Gasteiger partial charge in [0.2, 0.25) is 10.0 Å². The number of aromatic nitrogens is 2. The van der Waals surface area contributed by atoms with Crippen LogP contribution in [0.3, 0.4) is 0 Å². The zero-order chi connectivity index (χ0) is 23.3. The van der Waals surface area contributed by atoms with Crippen LogP contribution >= 0.6 is 0 Å². The zero-order valence-electron chi connectivity index (χ0n) is 18.3. The number of carbonyl (C=O) groups is 1. The predicted molar refractivity (Wildman–Crippen MR) is 119 cm³/mol. The number of methoxy groups -OCH3 is 2. The summed E-state index contributed by atoms with van der Waals surface area (Å²) in [5.41, 5.74) is 0.901. The standard InChI is InChI=1S/C22H26N4O5S/c1-5-24-32(28,29)19-8-6-7-15(13-19)22(27)25-20(21-23-9-10-26(21)2)16-11-17(30-3)14-18(12-16)31-4/h6-14,20,24H,5H2,1-4H3,(H,25,27). The van der Waals surface area contributed by atoms with Gasteiger partial charge in [-0.1, -0.05) is 13.0 Å². The van der Waals surface area contributed by atoms with E-state index in [2.05, 4.69) is 15.0 Å². The molecule has 1 amide bonds. The van der Waals surface area contributed by atoms with Crippen molar-refractivity contribution in [3.8, 4) is 11.5 Å². The van der Waals surface area contributed by atoms with Crippen molar-refractivity contribution >= 4 is 15.9 Å². The fraction of sp³-hybridized carbons (Fsp3) is 0.273. The summed E-state index contributed by atoms with van der Waals surface area (Å²) in [5.74, 6) is 1.26. The Labute approximate surface area is 187 Å². The van der Waals surface area contributed by atoms with Crippen LogP contribution in [0.15, 0.2) is 59.8 Å². The van der Waals surface area contributed by atoms with E-state index in [4.69, 9.17) is 9.47 Å².